The number of aryl methyl sites for hydroxylation is 1. The van der Waals surface area contributed by atoms with Crippen LogP contribution in [0.1, 0.15) is 39.6 Å². The molecule has 38 heavy (non-hydrogen) atoms. The third-order valence-corrected chi connectivity index (χ3v) is 9.04. The molecule has 6 heteroatoms. The number of ether oxygens (including phenoxy) is 1. The summed E-state index contributed by atoms with van der Waals surface area (Å²) in [6.45, 7) is 0.470. The predicted octanol–water partition coefficient (Wildman–Crippen LogP) is 5.96. The van der Waals surface area contributed by atoms with Crippen molar-refractivity contribution in [3.63, 3.8) is 0 Å². The molecular weight excluding hydrogens is 508 g/mol. The highest BCUT2D eigenvalue weighted by Crippen LogP contribution is 2.42. The predicted molar refractivity (Wildman–Crippen MR) is 154 cm³/mol. The molecule has 3 heterocycles. The maximum Gasteiger partial charge on any atom is 0.271 e. The van der Waals surface area contributed by atoms with E-state index in [9.17, 15) is 4.79 Å². The van der Waals surface area contributed by atoms with Gasteiger partial charge in [0.2, 0.25) is 0 Å². The van der Waals surface area contributed by atoms with Crippen LogP contribution in [0.4, 0.5) is 0 Å². The Morgan fingerprint density at radius 1 is 0.921 bits per heavy atom. The van der Waals surface area contributed by atoms with Crippen molar-refractivity contribution in [2.45, 2.75) is 25.5 Å². The molecular formula is C32H24N2O2S2. The number of allylic oxidation sites excluding steroid dienone is 1. The molecule has 5 aromatic rings. The minimum Gasteiger partial charge on any atom is -0.488 e. The molecule has 7 rings (SSSR count). The SMILES string of the molecule is O=c1/c(=C/c2ccccc2OCc2ccccc2)sc2n1[C@@H](c1cccs1)C1=C(N=2)c2ccccc2CC1. The van der Waals surface area contributed by atoms with E-state index in [1.54, 1.807) is 11.3 Å². The number of hydrogen-bond donors (Lipinski definition) is 0. The average Bonchev–Trinajstić information content (AvgIpc) is 3.60. The highest BCUT2D eigenvalue weighted by molar-refractivity contribution is 7.10. The summed E-state index contributed by atoms with van der Waals surface area (Å²) in [7, 11) is 0. The molecule has 1 aliphatic carbocycles. The molecule has 4 nitrogen and oxygen atoms in total. The Morgan fingerprint density at radius 3 is 2.61 bits per heavy atom. The number of thiophene rings is 1. The molecule has 0 fully saturated rings. The van der Waals surface area contributed by atoms with Crippen LogP contribution in [-0.4, -0.2) is 4.57 Å². The number of aromatic nitrogens is 1. The summed E-state index contributed by atoms with van der Waals surface area (Å²) in [5, 5.41) is 2.09. The van der Waals surface area contributed by atoms with Crippen LogP contribution in [-0.2, 0) is 13.0 Å². The molecule has 0 saturated heterocycles. The molecule has 0 unspecified atom stereocenters. The number of nitrogens with zero attached hydrogens (tertiary/aromatic N) is 2. The van der Waals surface area contributed by atoms with Crippen molar-refractivity contribution in [3.8, 4) is 5.75 Å². The molecule has 2 aliphatic rings. The van der Waals surface area contributed by atoms with E-state index in [0.29, 0.717) is 11.1 Å². The number of para-hydroxylation sites is 1. The van der Waals surface area contributed by atoms with Crippen LogP contribution in [0.3, 0.4) is 0 Å². The second-order valence-corrected chi connectivity index (χ2v) is 11.4. The monoisotopic (exact) mass is 532 g/mol. The van der Waals surface area contributed by atoms with E-state index < -0.39 is 0 Å². The van der Waals surface area contributed by atoms with Gasteiger partial charge in [-0.2, -0.15) is 0 Å². The number of fused-ring (bicyclic) bond motifs is 3. The number of rotatable bonds is 5. The molecule has 0 radical (unpaired) electrons. The fourth-order valence-corrected chi connectivity index (χ4v) is 7.17. The van der Waals surface area contributed by atoms with E-state index >= 15 is 0 Å². The molecule has 0 N–H and O–H groups in total. The first kappa shape index (κ1) is 23.1. The van der Waals surface area contributed by atoms with Gasteiger partial charge in [-0.3, -0.25) is 9.36 Å². The first-order chi connectivity index (χ1) is 18.8. The Bertz CT molecular complexity index is 1850. The third kappa shape index (κ3) is 4.06. The molecule has 0 spiro atoms. The standard InChI is InChI=1S/C32H24N2O2S2/c35-31-28(19-23-12-5-7-14-26(23)36-20-21-9-2-1-3-10-21)38-32-33-29-24-13-6-4-11-22(24)16-17-25(29)30(34(31)32)27-15-8-18-37-27/h1-15,18-19,30H,16-17,20H2/b28-19-/t30-/m1/s1. The molecule has 186 valence electrons. The lowest BCUT2D eigenvalue weighted by molar-refractivity contribution is 0.305. The molecule has 1 aliphatic heterocycles. The minimum absolute atomic E-state index is 0.00424. The van der Waals surface area contributed by atoms with Gasteiger partial charge in [0.25, 0.3) is 5.56 Å². The quantitative estimate of drug-likeness (QED) is 0.280. The molecule has 0 saturated carbocycles. The Labute approximate surface area is 228 Å². The van der Waals surface area contributed by atoms with Gasteiger partial charge in [0, 0.05) is 16.0 Å². The van der Waals surface area contributed by atoms with Crippen LogP contribution in [0.5, 0.6) is 5.75 Å². The van der Waals surface area contributed by atoms with Gasteiger partial charge in [0.1, 0.15) is 12.4 Å². The maximum absolute atomic E-state index is 14.0. The fraction of sp³-hybridized carbons (Fsp3) is 0.125. The summed E-state index contributed by atoms with van der Waals surface area (Å²) in [6, 6.07) is 30.6. The van der Waals surface area contributed by atoms with Crippen molar-refractivity contribution in [1.82, 2.24) is 4.57 Å². The van der Waals surface area contributed by atoms with Crippen LogP contribution in [0.25, 0.3) is 11.8 Å². The first-order valence-corrected chi connectivity index (χ1v) is 14.4. The summed E-state index contributed by atoms with van der Waals surface area (Å²) in [5.74, 6) is 0.755. The summed E-state index contributed by atoms with van der Waals surface area (Å²) >= 11 is 3.15. The highest BCUT2D eigenvalue weighted by Gasteiger charge is 2.33. The van der Waals surface area contributed by atoms with Crippen LogP contribution < -0.4 is 19.6 Å². The number of benzene rings is 3. The second kappa shape index (κ2) is 9.71. The van der Waals surface area contributed by atoms with Crippen LogP contribution in [0.15, 0.2) is 112 Å². The zero-order chi connectivity index (χ0) is 25.5. The van der Waals surface area contributed by atoms with Crippen molar-refractivity contribution in [1.29, 1.82) is 0 Å². The first-order valence-electron chi connectivity index (χ1n) is 12.7. The lowest BCUT2D eigenvalue weighted by Crippen LogP contribution is -2.38. The van der Waals surface area contributed by atoms with E-state index in [2.05, 4.69) is 41.8 Å². The van der Waals surface area contributed by atoms with Gasteiger partial charge in [-0.1, -0.05) is 90.2 Å². The fourth-order valence-electron chi connectivity index (χ4n) is 5.33. The van der Waals surface area contributed by atoms with Crippen LogP contribution in [0.2, 0.25) is 0 Å². The van der Waals surface area contributed by atoms with Crippen LogP contribution in [0, 0.1) is 0 Å². The van der Waals surface area contributed by atoms with E-state index in [1.807, 2.05) is 65.2 Å². The zero-order valence-electron chi connectivity index (χ0n) is 20.5. The lowest BCUT2D eigenvalue weighted by atomic mass is 9.85. The van der Waals surface area contributed by atoms with E-state index in [4.69, 9.17) is 9.73 Å². The maximum atomic E-state index is 14.0. The average molecular weight is 533 g/mol. The van der Waals surface area contributed by atoms with Gasteiger partial charge in [-0.15, -0.1) is 11.3 Å². The van der Waals surface area contributed by atoms with Gasteiger partial charge < -0.3 is 4.74 Å². The van der Waals surface area contributed by atoms with E-state index in [0.717, 1.165) is 40.2 Å². The van der Waals surface area contributed by atoms with Crippen molar-refractivity contribution in [2.75, 3.05) is 0 Å². The lowest BCUT2D eigenvalue weighted by Gasteiger charge is -2.30. The van der Waals surface area contributed by atoms with Crippen molar-refractivity contribution in [2.24, 2.45) is 4.99 Å². The Kier molecular flexibility index (Phi) is 5.91. The summed E-state index contributed by atoms with van der Waals surface area (Å²) in [4.78, 5) is 21.0. The van der Waals surface area contributed by atoms with E-state index in [1.165, 1.54) is 32.9 Å². The molecule has 0 bridgehead atoms. The Balaban J connectivity index is 1.36. The zero-order valence-corrected chi connectivity index (χ0v) is 22.2. The number of hydrogen-bond acceptors (Lipinski definition) is 5. The van der Waals surface area contributed by atoms with Gasteiger partial charge in [-0.05, 0) is 53.1 Å². The van der Waals surface area contributed by atoms with Crippen molar-refractivity contribution >= 4 is 34.4 Å². The molecule has 2 aromatic heterocycles. The highest BCUT2D eigenvalue weighted by atomic mass is 32.1. The molecule has 0 amide bonds. The van der Waals surface area contributed by atoms with Gasteiger partial charge in [0.05, 0.1) is 16.3 Å². The minimum atomic E-state index is -0.124. The third-order valence-electron chi connectivity index (χ3n) is 7.13. The van der Waals surface area contributed by atoms with Crippen LogP contribution >= 0.6 is 22.7 Å². The van der Waals surface area contributed by atoms with Crippen molar-refractivity contribution in [3.05, 3.63) is 149 Å². The topological polar surface area (TPSA) is 43.6 Å². The second-order valence-electron chi connectivity index (χ2n) is 9.44. The summed E-state index contributed by atoms with van der Waals surface area (Å²) < 4.78 is 8.73. The Morgan fingerprint density at radius 2 is 1.74 bits per heavy atom. The largest absolute Gasteiger partial charge is 0.488 e. The van der Waals surface area contributed by atoms with E-state index in [-0.39, 0.29) is 11.6 Å². The van der Waals surface area contributed by atoms with Gasteiger partial charge in [0.15, 0.2) is 4.80 Å². The summed E-state index contributed by atoms with van der Waals surface area (Å²) in [5.41, 5.74) is 6.76. The molecule has 3 aromatic carbocycles. The van der Waals surface area contributed by atoms with Gasteiger partial charge >= 0.3 is 0 Å². The molecule has 1 atom stereocenters. The summed E-state index contributed by atoms with van der Waals surface area (Å²) in [6.07, 6.45) is 3.81. The smallest absolute Gasteiger partial charge is 0.271 e. The number of thiazole rings is 1. The van der Waals surface area contributed by atoms with Crippen molar-refractivity contribution < 1.29 is 4.74 Å². The van der Waals surface area contributed by atoms with Gasteiger partial charge in [-0.25, -0.2) is 4.99 Å². The Hall–Kier alpha value is -4.00. The normalized spacial score (nSPS) is 16.4.